The zero-order chi connectivity index (χ0) is 23.7. The fraction of sp³-hybridized carbons (Fsp3) is 0.125. The predicted molar refractivity (Wildman–Crippen MR) is 130 cm³/mol. The van der Waals surface area contributed by atoms with Crippen molar-refractivity contribution < 1.29 is 9.53 Å². The van der Waals surface area contributed by atoms with E-state index in [0.29, 0.717) is 25.7 Å². The van der Waals surface area contributed by atoms with E-state index in [-0.39, 0.29) is 28.2 Å². The molecule has 1 aliphatic heterocycles. The van der Waals surface area contributed by atoms with E-state index in [4.69, 9.17) is 33.7 Å². The number of ether oxygens (including phenoxy) is 1. The van der Waals surface area contributed by atoms with Gasteiger partial charge in [-0.25, -0.2) is 4.79 Å². The zero-order valence-corrected chi connectivity index (χ0v) is 19.7. The van der Waals surface area contributed by atoms with Crippen molar-refractivity contribution in [2.75, 3.05) is 6.61 Å². The maximum absolute atomic E-state index is 13.3. The lowest BCUT2D eigenvalue weighted by Gasteiger charge is -2.25. The summed E-state index contributed by atoms with van der Waals surface area (Å²) in [6.45, 7) is 1.80. The number of fused-ring (bicyclic) bond motifs is 1. The van der Waals surface area contributed by atoms with Crippen LogP contribution in [0.15, 0.2) is 58.9 Å². The summed E-state index contributed by atoms with van der Waals surface area (Å²) in [6, 6.07) is 16.0. The molecule has 0 fully saturated rings. The first-order chi connectivity index (χ1) is 15.9. The summed E-state index contributed by atoms with van der Waals surface area (Å²) in [5, 5.41) is 10.8. The molecule has 2 N–H and O–H groups in total. The molecule has 2 heterocycles. The Labute approximate surface area is 203 Å². The maximum Gasteiger partial charge on any atom is 0.338 e. The molecule has 0 amide bonds. The predicted octanol–water partition coefficient (Wildman–Crippen LogP) is 3.21. The molecule has 0 saturated heterocycles. The minimum absolute atomic E-state index is 0.0443. The number of thiazole rings is 1. The van der Waals surface area contributed by atoms with Crippen LogP contribution in [0.1, 0.15) is 24.0 Å². The number of rotatable bonds is 4. The van der Waals surface area contributed by atoms with E-state index >= 15 is 0 Å². The van der Waals surface area contributed by atoms with Gasteiger partial charge in [-0.3, -0.25) is 9.36 Å². The Bertz CT molecular complexity index is 1530. The fourth-order valence-corrected chi connectivity index (χ4v) is 5.30. The average molecular weight is 498 g/mol. The van der Waals surface area contributed by atoms with Crippen LogP contribution < -0.4 is 20.5 Å². The normalized spacial score (nSPS) is 15.9. The first-order valence-corrected chi connectivity index (χ1v) is 11.5. The molecule has 6 nitrogen and oxygen atoms in total. The highest BCUT2D eigenvalue weighted by Gasteiger charge is 2.37. The van der Waals surface area contributed by atoms with Crippen LogP contribution in [0, 0.1) is 11.3 Å². The Morgan fingerprint density at radius 1 is 1.21 bits per heavy atom. The Kier molecular flexibility index (Phi) is 6.43. The molecular formula is C24H17Cl2N3O3S. The van der Waals surface area contributed by atoms with Crippen molar-refractivity contribution in [3.63, 3.8) is 0 Å². The molecular weight excluding hydrogens is 481 g/mol. The standard InChI is InChI=1S/C24H17Cl2N3O3S/c1-2-32-24(31)20-19(14-8-4-6-10-17(14)26)15(12-27)21(28)29-22(30)18(33-23(20)29)11-13-7-3-5-9-16(13)25/h3-11,19H,2,28H2,1H3/b18-11+. The van der Waals surface area contributed by atoms with Crippen LogP contribution >= 0.6 is 34.5 Å². The first-order valence-electron chi connectivity index (χ1n) is 9.93. The Morgan fingerprint density at radius 2 is 1.88 bits per heavy atom. The van der Waals surface area contributed by atoms with Gasteiger partial charge in [0.2, 0.25) is 0 Å². The van der Waals surface area contributed by atoms with Crippen LogP contribution in [-0.2, 0) is 9.53 Å². The molecule has 4 rings (SSSR count). The third kappa shape index (κ3) is 3.98. The van der Waals surface area contributed by atoms with E-state index in [9.17, 15) is 14.9 Å². The lowest BCUT2D eigenvalue weighted by atomic mass is 9.84. The van der Waals surface area contributed by atoms with E-state index in [1.165, 1.54) is 4.57 Å². The molecule has 2 aromatic carbocycles. The van der Waals surface area contributed by atoms with Crippen LogP contribution in [0.5, 0.6) is 0 Å². The van der Waals surface area contributed by atoms with Gasteiger partial charge in [-0.05, 0) is 36.3 Å². The minimum Gasteiger partial charge on any atom is -0.463 e. The number of nitriles is 1. The van der Waals surface area contributed by atoms with E-state index in [0.717, 1.165) is 11.3 Å². The number of nitrogens with zero attached hydrogens (tertiary/aromatic N) is 2. The monoisotopic (exact) mass is 497 g/mol. The summed E-state index contributed by atoms with van der Waals surface area (Å²) < 4.78 is 7.09. The Balaban J connectivity index is 2.14. The van der Waals surface area contributed by atoms with Crippen molar-refractivity contribution in [2.24, 2.45) is 5.73 Å². The van der Waals surface area contributed by atoms with Gasteiger partial charge in [0.05, 0.1) is 34.3 Å². The number of carbonyl (C=O) groups is 1. The van der Waals surface area contributed by atoms with Crippen molar-refractivity contribution in [2.45, 2.75) is 12.8 Å². The van der Waals surface area contributed by atoms with Crippen LogP contribution in [0.25, 0.3) is 17.5 Å². The van der Waals surface area contributed by atoms with Gasteiger partial charge in [0.15, 0.2) is 0 Å². The van der Waals surface area contributed by atoms with Gasteiger partial charge in [0, 0.05) is 10.0 Å². The summed E-state index contributed by atoms with van der Waals surface area (Å²) in [7, 11) is 0. The van der Waals surface area contributed by atoms with Gasteiger partial charge in [-0.1, -0.05) is 59.6 Å². The van der Waals surface area contributed by atoms with E-state index in [1.807, 2.05) is 0 Å². The molecule has 1 aromatic heterocycles. The van der Waals surface area contributed by atoms with E-state index in [2.05, 4.69) is 6.07 Å². The lowest BCUT2D eigenvalue weighted by molar-refractivity contribution is -0.136. The SMILES string of the molecule is CCOC(=O)C1=c2s/c(=C/c3ccccc3Cl)c(=O)n2C(N)=C(C#N)C1c1ccccc1Cl. The van der Waals surface area contributed by atoms with Gasteiger partial charge in [0.25, 0.3) is 5.56 Å². The lowest BCUT2D eigenvalue weighted by Crippen LogP contribution is -2.40. The average Bonchev–Trinajstić information content (AvgIpc) is 3.11. The van der Waals surface area contributed by atoms with Gasteiger partial charge >= 0.3 is 5.97 Å². The topological polar surface area (TPSA) is 98.1 Å². The van der Waals surface area contributed by atoms with Crippen LogP contribution in [-0.4, -0.2) is 17.1 Å². The second-order valence-electron chi connectivity index (χ2n) is 7.08. The second-order valence-corrected chi connectivity index (χ2v) is 8.92. The molecule has 3 aromatic rings. The van der Waals surface area contributed by atoms with Crippen LogP contribution in [0.2, 0.25) is 10.0 Å². The fourth-order valence-electron chi connectivity index (χ4n) is 3.71. The van der Waals surface area contributed by atoms with Gasteiger partial charge in [-0.2, -0.15) is 5.26 Å². The summed E-state index contributed by atoms with van der Waals surface area (Å²) >= 11 is 13.8. The Morgan fingerprint density at radius 3 is 2.52 bits per heavy atom. The summed E-state index contributed by atoms with van der Waals surface area (Å²) in [6.07, 6.45) is 1.63. The molecule has 0 spiro atoms. The van der Waals surface area contributed by atoms with Crippen molar-refractivity contribution in [3.05, 3.63) is 94.8 Å². The smallest absolute Gasteiger partial charge is 0.338 e. The van der Waals surface area contributed by atoms with Crippen LogP contribution in [0.4, 0.5) is 0 Å². The number of hydrogen-bond donors (Lipinski definition) is 1. The number of nitrogens with two attached hydrogens (primary N) is 1. The Hall–Kier alpha value is -3.31. The molecule has 0 radical (unpaired) electrons. The van der Waals surface area contributed by atoms with Gasteiger partial charge in [0.1, 0.15) is 10.5 Å². The first kappa shape index (κ1) is 22.9. The van der Waals surface area contributed by atoms with Crippen molar-refractivity contribution in [1.82, 2.24) is 4.57 Å². The van der Waals surface area contributed by atoms with Gasteiger partial charge < -0.3 is 10.5 Å². The number of aromatic nitrogens is 1. The molecule has 0 saturated carbocycles. The van der Waals surface area contributed by atoms with Crippen molar-refractivity contribution in [1.29, 1.82) is 5.26 Å². The third-order valence-electron chi connectivity index (χ3n) is 5.17. The maximum atomic E-state index is 13.3. The molecule has 0 aliphatic carbocycles. The molecule has 1 aliphatic rings. The number of hydrogen-bond acceptors (Lipinski definition) is 6. The quantitative estimate of drug-likeness (QED) is 0.558. The highest BCUT2D eigenvalue weighted by Crippen LogP contribution is 2.39. The minimum atomic E-state index is -0.881. The largest absolute Gasteiger partial charge is 0.463 e. The number of carbonyl (C=O) groups excluding carboxylic acids is 1. The molecule has 33 heavy (non-hydrogen) atoms. The summed E-state index contributed by atoms with van der Waals surface area (Å²) in [5.74, 6) is -1.58. The summed E-state index contributed by atoms with van der Waals surface area (Å²) in [5.41, 5.74) is 7.21. The molecule has 1 unspecified atom stereocenters. The number of benzene rings is 2. The highest BCUT2D eigenvalue weighted by molar-refractivity contribution is 7.07. The zero-order valence-electron chi connectivity index (χ0n) is 17.3. The molecule has 166 valence electrons. The van der Waals surface area contributed by atoms with E-state index in [1.54, 1.807) is 61.5 Å². The number of allylic oxidation sites excluding steroid dienone is 1. The summed E-state index contributed by atoms with van der Waals surface area (Å²) in [4.78, 5) is 26.5. The van der Waals surface area contributed by atoms with Crippen LogP contribution in [0.3, 0.4) is 0 Å². The third-order valence-corrected chi connectivity index (χ3v) is 6.97. The number of halogens is 2. The highest BCUT2D eigenvalue weighted by atomic mass is 35.5. The van der Waals surface area contributed by atoms with Crippen molar-refractivity contribution in [3.8, 4) is 6.07 Å². The second kappa shape index (κ2) is 9.28. The van der Waals surface area contributed by atoms with Gasteiger partial charge in [-0.15, -0.1) is 11.3 Å². The molecule has 9 heteroatoms. The number of esters is 1. The van der Waals surface area contributed by atoms with Crippen molar-refractivity contribution >= 4 is 58.0 Å². The molecule has 0 bridgehead atoms. The van der Waals surface area contributed by atoms with E-state index < -0.39 is 17.4 Å². The molecule has 1 atom stereocenters.